The highest BCUT2D eigenvalue weighted by Gasteiger charge is 2.38. The average molecular weight is 240 g/mol. The van der Waals surface area contributed by atoms with E-state index in [4.69, 9.17) is 13.3 Å². The van der Waals surface area contributed by atoms with Crippen LogP contribution < -0.4 is 0 Å². The molecule has 0 N–H and O–H groups in total. The molecule has 0 aromatic heterocycles. The van der Waals surface area contributed by atoms with Crippen LogP contribution in [-0.4, -0.2) is 42.6 Å². The van der Waals surface area contributed by atoms with E-state index in [1.54, 1.807) is 0 Å². The van der Waals surface area contributed by atoms with Gasteiger partial charge in [0.1, 0.15) is 9.04 Å². The highest BCUT2D eigenvalue weighted by Crippen LogP contribution is 2.08. The van der Waals surface area contributed by atoms with Crippen LogP contribution >= 0.6 is 12.6 Å². The molecule has 3 nitrogen and oxygen atoms in total. The molecule has 0 atom stereocenters. The van der Waals surface area contributed by atoms with Crippen LogP contribution in [-0.2, 0) is 13.3 Å². The van der Waals surface area contributed by atoms with Gasteiger partial charge < -0.3 is 13.3 Å². The third-order valence-electron chi connectivity index (χ3n) is 1.51. The lowest BCUT2D eigenvalue weighted by molar-refractivity contribution is 0.0931. The topological polar surface area (TPSA) is 27.7 Å². The van der Waals surface area contributed by atoms with Crippen LogP contribution in [0.1, 0.15) is 20.8 Å². The predicted molar refractivity (Wildman–Crippen MR) is 63.0 cm³/mol. The standard InChI is InChI=1S/C7H20O3SSi2/c1-4-8-13(9-5-2,10-6-3)12-7-11/h11H,4-7,12H2,1-3H3. The van der Waals surface area contributed by atoms with E-state index in [-0.39, 0.29) is 0 Å². The Morgan fingerprint density at radius 3 is 1.62 bits per heavy atom. The molecule has 6 heteroatoms. The lowest BCUT2D eigenvalue weighted by Crippen LogP contribution is -2.53. The minimum absolute atomic E-state index is 0.468. The summed E-state index contributed by atoms with van der Waals surface area (Å²) in [5.41, 5.74) is 0. The monoisotopic (exact) mass is 240 g/mol. The summed E-state index contributed by atoms with van der Waals surface area (Å²) in [4.78, 5) is 0. The van der Waals surface area contributed by atoms with E-state index in [0.29, 0.717) is 19.8 Å². The van der Waals surface area contributed by atoms with Gasteiger partial charge in [-0.3, -0.25) is 0 Å². The fraction of sp³-hybridized carbons (Fsp3) is 1.00. The Morgan fingerprint density at radius 1 is 1.00 bits per heavy atom. The molecule has 0 aliphatic rings. The van der Waals surface area contributed by atoms with Gasteiger partial charge in [0.2, 0.25) is 0 Å². The molecule has 0 fully saturated rings. The maximum Gasteiger partial charge on any atom is 0.463 e. The van der Waals surface area contributed by atoms with Gasteiger partial charge in [-0.25, -0.2) is 0 Å². The van der Waals surface area contributed by atoms with E-state index in [1.165, 1.54) is 0 Å². The largest absolute Gasteiger partial charge is 0.463 e. The first-order valence-corrected chi connectivity index (χ1v) is 10.5. The van der Waals surface area contributed by atoms with E-state index in [0.717, 1.165) is 5.38 Å². The summed E-state index contributed by atoms with van der Waals surface area (Å²) < 4.78 is 17.0. The first kappa shape index (κ1) is 13.7. The van der Waals surface area contributed by atoms with Crippen molar-refractivity contribution >= 4 is 30.0 Å². The molecule has 0 amide bonds. The van der Waals surface area contributed by atoms with Crippen LogP contribution in [0.5, 0.6) is 0 Å². The second kappa shape index (κ2) is 8.01. The molecule has 13 heavy (non-hydrogen) atoms. The van der Waals surface area contributed by atoms with E-state index < -0.39 is 17.4 Å². The Bertz CT molecular complexity index is 96.8. The molecule has 0 rings (SSSR count). The second-order valence-corrected chi connectivity index (χ2v) is 11.1. The fourth-order valence-corrected chi connectivity index (χ4v) is 9.84. The summed E-state index contributed by atoms with van der Waals surface area (Å²) >= 11 is 4.25. The van der Waals surface area contributed by atoms with E-state index in [2.05, 4.69) is 12.6 Å². The van der Waals surface area contributed by atoms with Gasteiger partial charge in [0.05, 0.1) is 0 Å². The Morgan fingerprint density at radius 2 is 1.38 bits per heavy atom. The summed E-state index contributed by atoms with van der Waals surface area (Å²) in [6.45, 7) is 7.96. The predicted octanol–water partition coefficient (Wildman–Crippen LogP) is 0.588. The van der Waals surface area contributed by atoms with Gasteiger partial charge in [-0.2, -0.15) is 12.6 Å². The zero-order valence-electron chi connectivity index (χ0n) is 8.71. The average Bonchev–Trinajstić information content (AvgIpc) is 2.06. The first-order chi connectivity index (χ1) is 6.24. The summed E-state index contributed by atoms with van der Waals surface area (Å²) in [6, 6.07) is 0. The smallest absolute Gasteiger partial charge is 0.377 e. The molecule has 0 aliphatic heterocycles. The van der Waals surface area contributed by atoms with Crippen LogP contribution in [0.3, 0.4) is 0 Å². The van der Waals surface area contributed by atoms with Gasteiger partial charge in [0.15, 0.2) is 0 Å². The molecule has 0 unspecified atom stereocenters. The maximum atomic E-state index is 5.66. The van der Waals surface area contributed by atoms with Crippen molar-refractivity contribution in [3.05, 3.63) is 0 Å². The van der Waals surface area contributed by atoms with Crippen LogP contribution in [0.25, 0.3) is 0 Å². The molecule has 0 aromatic rings. The van der Waals surface area contributed by atoms with E-state index in [1.807, 2.05) is 20.8 Å². The van der Waals surface area contributed by atoms with Gasteiger partial charge in [-0.05, 0) is 26.1 Å². The summed E-state index contributed by atoms with van der Waals surface area (Å²) in [6.07, 6.45) is 0. The third kappa shape index (κ3) is 5.19. The molecule has 80 valence electrons. The molecule has 0 bridgehead atoms. The quantitative estimate of drug-likeness (QED) is 0.497. The molecule has 0 aromatic carbocycles. The third-order valence-corrected chi connectivity index (χ3v) is 10.9. The molecular weight excluding hydrogens is 220 g/mol. The zero-order chi connectivity index (χ0) is 10.2. The lowest BCUT2D eigenvalue weighted by Gasteiger charge is -2.28. The fourth-order valence-electron chi connectivity index (χ4n) is 1.14. The first-order valence-electron chi connectivity index (χ1n) is 4.77. The van der Waals surface area contributed by atoms with Crippen molar-refractivity contribution < 1.29 is 13.3 Å². The van der Waals surface area contributed by atoms with Crippen molar-refractivity contribution in [1.29, 1.82) is 0 Å². The van der Waals surface area contributed by atoms with Gasteiger partial charge in [-0.1, -0.05) is 0 Å². The summed E-state index contributed by atoms with van der Waals surface area (Å²) in [5.74, 6) is 0. The van der Waals surface area contributed by atoms with Crippen molar-refractivity contribution in [2.24, 2.45) is 0 Å². The molecule has 0 aliphatic carbocycles. The lowest BCUT2D eigenvalue weighted by atomic mass is 10.9. The maximum absolute atomic E-state index is 5.66. The Hall–Kier alpha value is 0.664. The minimum Gasteiger partial charge on any atom is -0.377 e. The minimum atomic E-state index is -2.23. The van der Waals surface area contributed by atoms with Crippen LogP contribution in [0.4, 0.5) is 0 Å². The number of rotatable bonds is 8. The highest BCUT2D eigenvalue weighted by atomic mass is 32.1. The van der Waals surface area contributed by atoms with Crippen molar-refractivity contribution in [1.82, 2.24) is 0 Å². The SMILES string of the molecule is CCO[Si](OCC)(OCC)[SiH2]CS. The second-order valence-electron chi connectivity index (χ2n) is 2.46. The Balaban J connectivity index is 4.19. The van der Waals surface area contributed by atoms with Gasteiger partial charge in [-0.15, -0.1) is 0 Å². The van der Waals surface area contributed by atoms with Crippen molar-refractivity contribution in [2.75, 3.05) is 25.2 Å². The van der Waals surface area contributed by atoms with Crippen LogP contribution in [0.2, 0.25) is 0 Å². The molecule has 0 spiro atoms. The van der Waals surface area contributed by atoms with Gasteiger partial charge in [0, 0.05) is 19.8 Å². The van der Waals surface area contributed by atoms with Gasteiger partial charge >= 0.3 is 8.32 Å². The molecule has 0 saturated carbocycles. The molecule has 0 heterocycles. The number of hydrogen-bond acceptors (Lipinski definition) is 4. The van der Waals surface area contributed by atoms with Crippen molar-refractivity contribution in [3.63, 3.8) is 0 Å². The zero-order valence-corrected chi connectivity index (χ0v) is 12.0. The van der Waals surface area contributed by atoms with Gasteiger partial charge in [0.25, 0.3) is 0 Å². The molecule has 0 saturated heterocycles. The van der Waals surface area contributed by atoms with E-state index in [9.17, 15) is 0 Å². The Kier molecular flexibility index (Phi) is 8.42. The number of thiol groups is 1. The van der Waals surface area contributed by atoms with Crippen molar-refractivity contribution in [2.45, 2.75) is 20.8 Å². The van der Waals surface area contributed by atoms with E-state index >= 15 is 0 Å². The normalized spacial score (nSPS) is 12.9. The van der Waals surface area contributed by atoms with Crippen molar-refractivity contribution in [3.8, 4) is 0 Å². The van der Waals surface area contributed by atoms with Crippen LogP contribution in [0, 0.1) is 0 Å². The number of hydrogen-bond donors (Lipinski definition) is 1. The van der Waals surface area contributed by atoms with Crippen LogP contribution in [0.15, 0.2) is 0 Å². The molecular formula is C7H20O3SSi2. The molecule has 0 radical (unpaired) electrons. The summed E-state index contributed by atoms with van der Waals surface area (Å²) in [5, 5.41) is 0.881. The summed E-state index contributed by atoms with van der Waals surface area (Å²) in [7, 11) is -2.70. The Labute approximate surface area is 89.5 Å². The highest BCUT2D eigenvalue weighted by molar-refractivity contribution is 7.82.